The fourth-order valence-electron chi connectivity index (χ4n) is 4.64. The van der Waals surface area contributed by atoms with E-state index in [1.165, 1.54) is 30.5 Å². The van der Waals surface area contributed by atoms with Gasteiger partial charge in [-0.3, -0.25) is 19.8 Å². The molecule has 1 aliphatic rings. The summed E-state index contributed by atoms with van der Waals surface area (Å²) in [6.07, 6.45) is 3.01. The molecule has 3 aromatic carbocycles. The van der Waals surface area contributed by atoms with Crippen LogP contribution in [-0.2, 0) is 17.7 Å². The number of likely N-dealkylation sites (tertiary alicyclic amines) is 1. The molecule has 7 nitrogen and oxygen atoms in total. The van der Waals surface area contributed by atoms with Gasteiger partial charge in [0.1, 0.15) is 5.56 Å². The van der Waals surface area contributed by atoms with Gasteiger partial charge in [-0.25, -0.2) is 0 Å². The van der Waals surface area contributed by atoms with E-state index in [0.29, 0.717) is 29.6 Å². The summed E-state index contributed by atoms with van der Waals surface area (Å²) < 4.78 is 5.34. The van der Waals surface area contributed by atoms with Crippen LogP contribution in [0.5, 0.6) is 0 Å². The van der Waals surface area contributed by atoms with Crippen LogP contribution in [0.25, 0.3) is 11.1 Å². The van der Waals surface area contributed by atoms with Crippen molar-refractivity contribution in [2.24, 2.45) is 0 Å². The highest BCUT2D eigenvalue weighted by molar-refractivity contribution is 6.30. The smallest absolute Gasteiger partial charge is 0.282 e. The zero-order valence-electron chi connectivity index (χ0n) is 20.3. The van der Waals surface area contributed by atoms with Crippen molar-refractivity contribution in [3.63, 3.8) is 0 Å². The highest BCUT2D eigenvalue weighted by atomic mass is 35.5. The Labute approximate surface area is 216 Å². The standard InChI is InChI=1S/C28H30ClN3O4/c1-36-19-25-3-2-16-31(25)18-21-6-4-20(5-7-21)14-15-30-28(33)26-13-10-23(17-27(26)32(34)35)22-8-11-24(29)12-9-22/h4-13,17,25H,2-3,14-16,18-19H2,1H3,(H,30,33)/t25-/m0/s1. The number of ether oxygens (including phenoxy) is 1. The maximum absolute atomic E-state index is 12.7. The molecule has 0 aliphatic carbocycles. The Morgan fingerprint density at radius 3 is 2.47 bits per heavy atom. The molecule has 1 N–H and O–H groups in total. The number of halogens is 1. The molecule has 3 aromatic rings. The third-order valence-electron chi connectivity index (χ3n) is 6.58. The Bertz CT molecular complexity index is 1200. The van der Waals surface area contributed by atoms with Crippen molar-refractivity contribution < 1.29 is 14.5 Å². The minimum Gasteiger partial charge on any atom is -0.383 e. The number of methoxy groups -OCH3 is 1. The van der Waals surface area contributed by atoms with Gasteiger partial charge in [0.15, 0.2) is 0 Å². The van der Waals surface area contributed by atoms with Crippen LogP contribution in [0.1, 0.15) is 34.3 Å². The van der Waals surface area contributed by atoms with Crippen molar-refractivity contribution in [2.45, 2.75) is 31.8 Å². The number of rotatable bonds is 10. The van der Waals surface area contributed by atoms with Crippen LogP contribution in [0.2, 0.25) is 5.02 Å². The lowest BCUT2D eigenvalue weighted by atomic mass is 10.0. The second-order valence-corrected chi connectivity index (χ2v) is 9.48. The summed E-state index contributed by atoms with van der Waals surface area (Å²) in [7, 11) is 1.75. The van der Waals surface area contributed by atoms with Gasteiger partial charge in [0.25, 0.3) is 11.6 Å². The maximum Gasteiger partial charge on any atom is 0.282 e. The summed E-state index contributed by atoms with van der Waals surface area (Å²) in [6, 6.07) is 20.5. The number of benzene rings is 3. The number of nitrogens with zero attached hydrogens (tertiary/aromatic N) is 2. The molecule has 1 saturated heterocycles. The molecular weight excluding hydrogens is 478 g/mol. The first-order valence-electron chi connectivity index (χ1n) is 12.1. The average molecular weight is 508 g/mol. The maximum atomic E-state index is 12.7. The first-order chi connectivity index (χ1) is 17.4. The molecular formula is C28H30ClN3O4. The van der Waals surface area contributed by atoms with Gasteiger partial charge >= 0.3 is 0 Å². The molecule has 0 saturated carbocycles. The monoisotopic (exact) mass is 507 g/mol. The van der Waals surface area contributed by atoms with Crippen LogP contribution in [-0.4, -0.2) is 48.6 Å². The van der Waals surface area contributed by atoms with Crippen molar-refractivity contribution in [1.82, 2.24) is 10.2 Å². The predicted molar refractivity (Wildman–Crippen MR) is 141 cm³/mol. The molecule has 0 spiro atoms. The highest BCUT2D eigenvalue weighted by Crippen LogP contribution is 2.28. The number of hydrogen-bond donors (Lipinski definition) is 1. The van der Waals surface area contributed by atoms with E-state index in [1.54, 1.807) is 37.4 Å². The molecule has 1 atom stereocenters. The number of nitro groups is 1. The molecule has 1 heterocycles. The molecule has 8 heteroatoms. The van der Waals surface area contributed by atoms with E-state index in [-0.39, 0.29) is 11.3 Å². The molecule has 4 rings (SSSR count). The third-order valence-corrected chi connectivity index (χ3v) is 6.83. The Morgan fingerprint density at radius 1 is 1.08 bits per heavy atom. The summed E-state index contributed by atoms with van der Waals surface area (Å²) >= 11 is 5.93. The van der Waals surface area contributed by atoms with Gasteiger partial charge in [-0.2, -0.15) is 0 Å². The fraction of sp³-hybridized carbons (Fsp3) is 0.321. The fourth-order valence-corrected chi connectivity index (χ4v) is 4.77. The molecule has 1 fully saturated rings. The van der Waals surface area contributed by atoms with E-state index in [0.717, 1.165) is 30.8 Å². The number of amides is 1. The van der Waals surface area contributed by atoms with Crippen molar-refractivity contribution in [3.05, 3.63) is 98.6 Å². The number of carbonyl (C=O) groups is 1. The van der Waals surface area contributed by atoms with Crippen LogP contribution in [0.15, 0.2) is 66.7 Å². The van der Waals surface area contributed by atoms with Gasteiger partial charge in [-0.1, -0.05) is 54.1 Å². The van der Waals surface area contributed by atoms with Crippen LogP contribution in [0.4, 0.5) is 5.69 Å². The SMILES string of the molecule is COC[C@@H]1CCCN1Cc1ccc(CCNC(=O)c2ccc(-c3ccc(Cl)cc3)cc2[N+](=O)[O-])cc1. The van der Waals surface area contributed by atoms with Crippen molar-refractivity contribution >= 4 is 23.2 Å². The van der Waals surface area contributed by atoms with Gasteiger partial charge < -0.3 is 10.1 Å². The summed E-state index contributed by atoms with van der Waals surface area (Å²) in [5, 5.41) is 15.1. The zero-order chi connectivity index (χ0) is 25.5. The van der Waals surface area contributed by atoms with Gasteiger partial charge in [0.05, 0.1) is 11.5 Å². The quantitative estimate of drug-likeness (QED) is 0.289. The van der Waals surface area contributed by atoms with E-state index in [4.69, 9.17) is 16.3 Å². The largest absolute Gasteiger partial charge is 0.383 e. The summed E-state index contributed by atoms with van der Waals surface area (Å²) in [5.41, 5.74) is 3.61. The minimum atomic E-state index is -0.523. The summed E-state index contributed by atoms with van der Waals surface area (Å²) in [5.74, 6) is -0.459. The molecule has 0 radical (unpaired) electrons. The van der Waals surface area contributed by atoms with Gasteiger partial charge in [0.2, 0.25) is 0 Å². The van der Waals surface area contributed by atoms with E-state index in [1.807, 2.05) is 0 Å². The number of carbonyl (C=O) groups excluding carboxylic acids is 1. The Morgan fingerprint density at radius 2 is 1.78 bits per heavy atom. The highest BCUT2D eigenvalue weighted by Gasteiger charge is 2.24. The number of nitro benzene ring substituents is 1. The Kier molecular flexibility index (Phi) is 8.70. The molecule has 1 amide bonds. The van der Waals surface area contributed by atoms with E-state index in [2.05, 4.69) is 34.5 Å². The van der Waals surface area contributed by atoms with Gasteiger partial charge in [0, 0.05) is 37.3 Å². The Hall–Kier alpha value is -3.26. The van der Waals surface area contributed by atoms with Crippen LogP contribution in [0.3, 0.4) is 0 Å². The summed E-state index contributed by atoms with van der Waals surface area (Å²) in [4.78, 5) is 26.3. The molecule has 0 unspecified atom stereocenters. The molecule has 36 heavy (non-hydrogen) atoms. The molecule has 188 valence electrons. The Balaban J connectivity index is 1.33. The lowest BCUT2D eigenvalue weighted by Gasteiger charge is -2.23. The molecule has 0 aromatic heterocycles. The third kappa shape index (κ3) is 6.49. The molecule has 0 bridgehead atoms. The zero-order valence-corrected chi connectivity index (χ0v) is 21.0. The molecule has 1 aliphatic heterocycles. The van der Waals surface area contributed by atoms with Crippen molar-refractivity contribution in [3.8, 4) is 11.1 Å². The number of nitrogens with one attached hydrogen (secondary N) is 1. The van der Waals surface area contributed by atoms with Crippen LogP contribution >= 0.6 is 11.6 Å². The van der Waals surface area contributed by atoms with Crippen molar-refractivity contribution in [2.75, 3.05) is 26.8 Å². The van der Waals surface area contributed by atoms with E-state index < -0.39 is 10.8 Å². The topological polar surface area (TPSA) is 84.7 Å². The van der Waals surface area contributed by atoms with Crippen molar-refractivity contribution in [1.29, 1.82) is 0 Å². The summed E-state index contributed by atoms with van der Waals surface area (Å²) in [6.45, 7) is 3.14. The van der Waals surface area contributed by atoms with Gasteiger partial charge in [-0.05, 0) is 66.3 Å². The van der Waals surface area contributed by atoms with Crippen LogP contribution < -0.4 is 5.32 Å². The average Bonchev–Trinajstić information content (AvgIpc) is 3.31. The van der Waals surface area contributed by atoms with Crippen LogP contribution in [0, 0.1) is 10.1 Å². The lowest BCUT2D eigenvalue weighted by Crippen LogP contribution is -2.32. The van der Waals surface area contributed by atoms with Gasteiger partial charge in [-0.15, -0.1) is 0 Å². The second kappa shape index (κ2) is 12.1. The predicted octanol–water partition coefficient (Wildman–Crippen LogP) is 5.50. The van der Waals surface area contributed by atoms with E-state index >= 15 is 0 Å². The minimum absolute atomic E-state index is 0.0456. The first kappa shape index (κ1) is 25.8. The number of hydrogen-bond acceptors (Lipinski definition) is 5. The second-order valence-electron chi connectivity index (χ2n) is 9.04. The van der Waals surface area contributed by atoms with E-state index in [9.17, 15) is 14.9 Å². The lowest BCUT2D eigenvalue weighted by molar-refractivity contribution is -0.385. The first-order valence-corrected chi connectivity index (χ1v) is 12.5. The normalized spacial score (nSPS) is 15.7.